The van der Waals surface area contributed by atoms with Crippen molar-refractivity contribution < 1.29 is 9.59 Å². The van der Waals surface area contributed by atoms with E-state index in [-0.39, 0.29) is 17.6 Å². The zero-order valence-electron chi connectivity index (χ0n) is 15.7. The lowest BCUT2D eigenvalue weighted by molar-refractivity contribution is 0.0630. The van der Waals surface area contributed by atoms with Gasteiger partial charge in [-0.3, -0.25) is 14.7 Å². The van der Waals surface area contributed by atoms with Crippen LogP contribution < -0.4 is 0 Å². The predicted molar refractivity (Wildman–Crippen MR) is 106 cm³/mol. The molecule has 1 aliphatic carbocycles. The molecule has 1 aromatic heterocycles. The van der Waals surface area contributed by atoms with Crippen molar-refractivity contribution in [3.8, 4) is 0 Å². The van der Waals surface area contributed by atoms with E-state index >= 15 is 0 Å². The number of likely N-dealkylation sites (tertiary alicyclic amines) is 1. The largest absolute Gasteiger partial charge is 0.337 e. The highest BCUT2D eigenvalue weighted by Gasteiger charge is 2.32. The van der Waals surface area contributed by atoms with Crippen molar-refractivity contribution in [1.82, 2.24) is 15.1 Å². The van der Waals surface area contributed by atoms with E-state index in [1.54, 1.807) is 11.8 Å². The van der Waals surface area contributed by atoms with Gasteiger partial charge in [0.15, 0.2) is 11.5 Å². The molecule has 0 spiro atoms. The Morgan fingerprint density at radius 3 is 2.85 bits per heavy atom. The lowest BCUT2D eigenvalue weighted by Crippen LogP contribution is -2.43. The van der Waals surface area contributed by atoms with Crippen molar-refractivity contribution in [2.45, 2.75) is 43.4 Å². The first-order valence-corrected chi connectivity index (χ1v) is 10.9. The lowest BCUT2D eigenvalue weighted by atomic mass is 9.89. The summed E-state index contributed by atoms with van der Waals surface area (Å²) in [6, 6.07) is 7.76. The van der Waals surface area contributed by atoms with Crippen LogP contribution in [0.3, 0.4) is 0 Å². The number of nitrogens with zero attached hydrogens (tertiary/aromatic N) is 2. The number of fused-ring (bicyclic) bond motifs is 1. The maximum absolute atomic E-state index is 13.1. The molecular weight excluding hydrogens is 358 g/mol. The maximum atomic E-state index is 13.1. The fraction of sp³-hybridized carbons (Fsp3) is 0.476. The molecule has 0 unspecified atom stereocenters. The Bertz CT molecular complexity index is 861. The number of aromatic nitrogens is 2. The number of nitrogens with one attached hydrogen (secondary N) is 1. The summed E-state index contributed by atoms with van der Waals surface area (Å²) < 4.78 is 0. The monoisotopic (exact) mass is 383 g/mol. The van der Waals surface area contributed by atoms with Crippen molar-refractivity contribution >= 4 is 23.5 Å². The molecule has 1 N–H and O–H groups in total. The van der Waals surface area contributed by atoms with Crippen LogP contribution in [-0.2, 0) is 12.8 Å². The maximum Gasteiger partial charge on any atom is 0.274 e. The molecule has 1 aliphatic heterocycles. The molecule has 5 nitrogen and oxygen atoms in total. The normalized spacial score (nSPS) is 19.6. The van der Waals surface area contributed by atoms with Gasteiger partial charge >= 0.3 is 0 Å². The third-order valence-electron chi connectivity index (χ3n) is 5.71. The van der Waals surface area contributed by atoms with Gasteiger partial charge in [-0.05, 0) is 50.8 Å². The zero-order valence-corrected chi connectivity index (χ0v) is 16.5. The molecule has 1 aromatic carbocycles. The van der Waals surface area contributed by atoms with E-state index in [4.69, 9.17) is 0 Å². The standard InChI is InChI=1S/C21H25N3O2S/c1-27-18-11-5-3-9-16(18)20(25)14-7-6-12-24(13-14)21(26)19-15-8-2-4-10-17(15)22-23-19/h3,5,9,11,14H,2,4,6-8,10,12-13H2,1H3,(H,22,23)/t14-/m1/s1. The predicted octanol–water partition coefficient (Wildman–Crippen LogP) is 3.75. The topological polar surface area (TPSA) is 66.1 Å². The molecule has 4 rings (SSSR count). The second kappa shape index (κ2) is 7.89. The number of thioether (sulfide) groups is 1. The van der Waals surface area contributed by atoms with Crippen LogP contribution in [0, 0.1) is 5.92 Å². The average Bonchev–Trinajstić information content (AvgIpc) is 3.17. The Hall–Kier alpha value is -2.08. The minimum absolute atomic E-state index is 0.0231. The number of aryl methyl sites for hydroxylation is 1. The molecule has 1 atom stereocenters. The molecule has 0 radical (unpaired) electrons. The highest BCUT2D eigenvalue weighted by atomic mass is 32.2. The Balaban J connectivity index is 1.52. The summed E-state index contributed by atoms with van der Waals surface area (Å²) in [6.07, 6.45) is 7.84. The molecule has 1 saturated heterocycles. The minimum Gasteiger partial charge on any atom is -0.337 e. The van der Waals surface area contributed by atoms with Crippen molar-refractivity contribution in [3.05, 3.63) is 46.8 Å². The van der Waals surface area contributed by atoms with Crippen LogP contribution >= 0.6 is 11.8 Å². The number of ketones is 1. The number of rotatable bonds is 4. The molecule has 2 heterocycles. The number of amides is 1. The molecule has 142 valence electrons. The number of carbonyl (C=O) groups is 2. The molecule has 0 bridgehead atoms. The molecule has 2 aromatic rings. The number of piperidine rings is 1. The molecular formula is C21H25N3O2S. The fourth-order valence-corrected chi connectivity index (χ4v) is 4.85. The lowest BCUT2D eigenvalue weighted by Gasteiger charge is -2.32. The quantitative estimate of drug-likeness (QED) is 0.645. The summed E-state index contributed by atoms with van der Waals surface area (Å²) in [5.41, 5.74) is 3.55. The minimum atomic E-state index is -0.134. The molecule has 1 fully saturated rings. The van der Waals surface area contributed by atoms with Crippen LogP contribution in [0.1, 0.15) is 57.8 Å². The van der Waals surface area contributed by atoms with Gasteiger partial charge in [0.25, 0.3) is 5.91 Å². The van der Waals surface area contributed by atoms with Crippen molar-refractivity contribution in [1.29, 1.82) is 0 Å². The summed E-state index contributed by atoms with van der Waals surface area (Å²) in [6.45, 7) is 1.19. The van der Waals surface area contributed by atoms with E-state index in [1.165, 1.54) is 0 Å². The number of aromatic amines is 1. The number of hydrogen-bond acceptors (Lipinski definition) is 4. The Morgan fingerprint density at radius 1 is 1.19 bits per heavy atom. The average molecular weight is 384 g/mol. The van der Waals surface area contributed by atoms with Crippen LogP contribution in [0.2, 0.25) is 0 Å². The highest BCUT2D eigenvalue weighted by molar-refractivity contribution is 7.98. The molecule has 6 heteroatoms. The second-order valence-electron chi connectivity index (χ2n) is 7.39. The summed E-state index contributed by atoms with van der Waals surface area (Å²) >= 11 is 1.59. The van der Waals surface area contributed by atoms with Crippen molar-refractivity contribution in [2.24, 2.45) is 5.92 Å². The van der Waals surface area contributed by atoms with Gasteiger partial charge in [0.1, 0.15) is 0 Å². The molecule has 0 saturated carbocycles. The van der Waals surface area contributed by atoms with E-state index < -0.39 is 0 Å². The summed E-state index contributed by atoms with van der Waals surface area (Å²) in [4.78, 5) is 29.0. The van der Waals surface area contributed by atoms with Gasteiger partial charge in [0, 0.05) is 40.7 Å². The van der Waals surface area contributed by atoms with Gasteiger partial charge in [-0.1, -0.05) is 18.2 Å². The van der Waals surface area contributed by atoms with Gasteiger partial charge in [0.2, 0.25) is 0 Å². The van der Waals surface area contributed by atoms with Gasteiger partial charge in [-0.15, -0.1) is 11.8 Å². The molecule has 1 amide bonds. The van der Waals surface area contributed by atoms with E-state index in [2.05, 4.69) is 10.2 Å². The molecule has 2 aliphatic rings. The van der Waals surface area contributed by atoms with Crippen molar-refractivity contribution in [2.75, 3.05) is 19.3 Å². The fourth-order valence-electron chi connectivity index (χ4n) is 4.25. The summed E-state index contributed by atoms with van der Waals surface area (Å²) in [7, 11) is 0. The van der Waals surface area contributed by atoms with Gasteiger partial charge in [-0.25, -0.2) is 0 Å². The zero-order chi connectivity index (χ0) is 18.8. The van der Waals surface area contributed by atoms with Gasteiger partial charge < -0.3 is 4.90 Å². The van der Waals surface area contributed by atoms with E-state index in [9.17, 15) is 9.59 Å². The SMILES string of the molecule is CSc1ccccc1C(=O)[C@@H]1CCCN(C(=O)c2n[nH]c3c2CCCC3)C1. The van der Waals surface area contributed by atoms with Crippen LogP contribution in [0.25, 0.3) is 0 Å². The summed E-state index contributed by atoms with van der Waals surface area (Å²) in [5, 5.41) is 7.38. The Labute approximate surface area is 163 Å². The van der Waals surface area contributed by atoms with E-state index in [1.807, 2.05) is 35.4 Å². The smallest absolute Gasteiger partial charge is 0.274 e. The first-order valence-electron chi connectivity index (χ1n) is 9.71. The number of hydrogen-bond donors (Lipinski definition) is 1. The van der Waals surface area contributed by atoms with Gasteiger partial charge in [-0.2, -0.15) is 5.10 Å². The number of H-pyrrole nitrogens is 1. The third kappa shape index (κ3) is 3.55. The molecule has 27 heavy (non-hydrogen) atoms. The third-order valence-corrected chi connectivity index (χ3v) is 6.51. The highest BCUT2D eigenvalue weighted by Crippen LogP contribution is 2.28. The number of carbonyl (C=O) groups excluding carboxylic acids is 2. The van der Waals surface area contributed by atoms with E-state index in [0.29, 0.717) is 18.8 Å². The first-order chi connectivity index (χ1) is 13.2. The summed E-state index contributed by atoms with van der Waals surface area (Å²) in [5.74, 6) is -0.00248. The number of benzene rings is 1. The van der Waals surface area contributed by atoms with Crippen LogP contribution in [0.15, 0.2) is 29.2 Å². The van der Waals surface area contributed by atoms with E-state index in [0.717, 1.165) is 60.2 Å². The Morgan fingerprint density at radius 2 is 2.00 bits per heavy atom. The van der Waals surface area contributed by atoms with Crippen molar-refractivity contribution in [3.63, 3.8) is 0 Å². The van der Waals surface area contributed by atoms with Crippen LogP contribution in [-0.4, -0.2) is 46.1 Å². The first kappa shape index (κ1) is 18.3. The van der Waals surface area contributed by atoms with Gasteiger partial charge in [0.05, 0.1) is 0 Å². The van der Waals surface area contributed by atoms with Crippen LogP contribution in [0.4, 0.5) is 0 Å². The Kier molecular flexibility index (Phi) is 5.34. The van der Waals surface area contributed by atoms with Crippen LogP contribution in [0.5, 0.6) is 0 Å². The second-order valence-corrected chi connectivity index (χ2v) is 8.24. The number of Topliss-reactive ketones (excluding diaryl/α,β-unsaturated/α-hetero) is 1.